The molecule has 1 aromatic heterocycles. The molecule has 1 aliphatic heterocycles. The van der Waals surface area contributed by atoms with Crippen molar-refractivity contribution in [2.45, 2.75) is 32.2 Å². The van der Waals surface area contributed by atoms with Crippen molar-refractivity contribution in [3.05, 3.63) is 23.9 Å². The zero-order valence-corrected chi connectivity index (χ0v) is 9.15. The van der Waals surface area contributed by atoms with Gasteiger partial charge in [0.15, 0.2) is 0 Å². The number of nitrogens with zero attached hydrogens (tertiary/aromatic N) is 2. The van der Waals surface area contributed by atoms with E-state index in [9.17, 15) is 0 Å². The largest absolute Gasteiger partial charge is 0.383 e. The number of likely N-dealkylation sites (tertiary alicyclic amines) is 1. The van der Waals surface area contributed by atoms with E-state index in [0.717, 1.165) is 6.54 Å². The van der Waals surface area contributed by atoms with Crippen LogP contribution in [0.1, 0.15) is 31.2 Å². The molecule has 0 bridgehead atoms. The van der Waals surface area contributed by atoms with Gasteiger partial charge in [0.25, 0.3) is 0 Å². The van der Waals surface area contributed by atoms with E-state index in [1.54, 1.807) is 6.20 Å². The van der Waals surface area contributed by atoms with Gasteiger partial charge < -0.3 is 5.73 Å². The second kappa shape index (κ2) is 5.12. The minimum absolute atomic E-state index is 0.682. The lowest BCUT2D eigenvalue weighted by Crippen LogP contribution is -2.24. The SMILES string of the molecule is Nc1ncccc1CN1CCCCCC1. The van der Waals surface area contributed by atoms with Crippen LogP contribution in [0.4, 0.5) is 5.82 Å². The molecule has 2 N–H and O–H groups in total. The maximum absolute atomic E-state index is 5.84. The van der Waals surface area contributed by atoms with Gasteiger partial charge in [0.1, 0.15) is 5.82 Å². The Morgan fingerprint density at radius 1 is 1.20 bits per heavy atom. The zero-order chi connectivity index (χ0) is 10.5. The molecule has 15 heavy (non-hydrogen) atoms. The Morgan fingerprint density at radius 3 is 2.60 bits per heavy atom. The van der Waals surface area contributed by atoms with Crippen molar-refractivity contribution < 1.29 is 0 Å². The number of aromatic nitrogens is 1. The lowest BCUT2D eigenvalue weighted by atomic mass is 10.2. The van der Waals surface area contributed by atoms with Crippen molar-refractivity contribution in [1.82, 2.24) is 9.88 Å². The zero-order valence-electron chi connectivity index (χ0n) is 9.15. The molecule has 0 atom stereocenters. The van der Waals surface area contributed by atoms with Gasteiger partial charge in [-0.1, -0.05) is 18.9 Å². The summed E-state index contributed by atoms with van der Waals surface area (Å²) in [5.41, 5.74) is 7.01. The lowest BCUT2D eigenvalue weighted by molar-refractivity contribution is 0.277. The third kappa shape index (κ3) is 2.93. The number of anilines is 1. The fourth-order valence-electron chi connectivity index (χ4n) is 2.12. The van der Waals surface area contributed by atoms with Crippen LogP contribution >= 0.6 is 0 Å². The highest BCUT2D eigenvalue weighted by atomic mass is 15.1. The first-order chi connectivity index (χ1) is 7.36. The molecule has 0 spiro atoms. The summed E-state index contributed by atoms with van der Waals surface area (Å²) >= 11 is 0. The predicted molar refractivity (Wildman–Crippen MR) is 62.4 cm³/mol. The normalized spacial score (nSPS) is 18.7. The van der Waals surface area contributed by atoms with Crippen LogP contribution < -0.4 is 5.73 Å². The van der Waals surface area contributed by atoms with Gasteiger partial charge in [0, 0.05) is 18.3 Å². The van der Waals surface area contributed by atoms with Crippen LogP contribution in [0.3, 0.4) is 0 Å². The summed E-state index contributed by atoms with van der Waals surface area (Å²) in [7, 11) is 0. The summed E-state index contributed by atoms with van der Waals surface area (Å²) in [6, 6.07) is 4.04. The first kappa shape index (κ1) is 10.4. The topological polar surface area (TPSA) is 42.1 Å². The molecule has 3 nitrogen and oxygen atoms in total. The molecule has 82 valence electrons. The Labute approximate surface area is 91.3 Å². The molecule has 0 radical (unpaired) electrons. The van der Waals surface area contributed by atoms with E-state index in [4.69, 9.17) is 5.73 Å². The molecule has 0 amide bonds. The predicted octanol–water partition coefficient (Wildman–Crippen LogP) is 2.04. The molecular weight excluding hydrogens is 186 g/mol. The second-order valence-corrected chi connectivity index (χ2v) is 4.24. The number of nitrogens with two attached hydrogens (primary N) is 1. The van der Waals surface area contributed by atoms with E-state index >= 15 is 0 Å². The van der Waals surface area contributed by atoms with Crippen LogP contribution in [0.5, 0.6) is 0 Å². The first-order valence-corrected chi connectivity index (χ1v) is 5.78. The smallest absolute Gasteiger partial charge is 0.127 e. The van der Waals surface area contributed by atoms with E-state index in [0.29, 0.717) is 5.82 Å². The minimum atomic E-state index is 0.682. The van der Waals surface area contributed by atoms with Crippen LogP contribution in [0, 0.1) is 0 Å². The van der Waals surface area contributed by atoms with Crippen molar-refractivity contribution in [2.24, 2.45) is 0 Å². The standard InChI is InChI=1S/C12H19N3/c13-12-11(6-5-7-14-12)10-15-8-3-1-2-4-9-15/h5-7H,1-4,8-10H2,(H2,13,14). The number of hydrogen-bond donors (Lipinski definition) is 1. The maximum Gasteiger partial charge on any atom is 0.127 e. The van der Waals surface area contributed by atoms with E-state index in [-0.39, 0.29) is 0 Å². The van der Waals surface area contributed by atoms with Gasteiger partial charge in [-0.2, -0.15) is 0 Å². The molecule has 1 aromatic rings. The highest BCUT2D eigenvalue weighted by Crippen LogP contribution is 2.15. The molecular formula is C12H19N3. The van der Waals surface area contributed by atoms with E-state index < -0.39 is 0 Å². The monoisotopic (exact) mass is 205 g/mol. The van der Waals surface area contributed by atoms with Crippen LogP contribution in [0.2, 0.25) is 0 Å². The number of rotatable bonds is 2. The summed E-state index contributed by atoms with van der Waals surface area (Å²) in [6.45, 7) is 3.36. The Kier molecular flexibility index (Phi) is 3.56. The summed E-state index contributed by atoms with van der Waals surface area (Å²) in [5, 5.41) is 0. The van der Waals surface area contributed by atoms with Gasteiger partial charge in [-0.15, -0.1) is 0 Å². The third-order valence-electron chi connectivity index (χ3n) is 3.02. The van der Waals surface area contributed by atoms with E-state index in [2.05, 4.69) is 16.0 Å². The van der Waals surface area contributed by atoms with Crippen molar-refractivity contribution in [2.75, 3.05) is 18.8 Å². The van der Waals surface area contributed by atoms with Crippen molar-refractivity contribution in [3.8, 4) is 0 Å². The number of hydrogen-bond acceptors (Lipinski definition) is 3. The molecule has 1 aliphatic rings. The van der Waals surface area contributed by atoms with E-state index in [1.165, 1.54) is 44.3 Å². The molecule has 0 aliphatic carbocycles. The summed E-state index contributed by atoms with van der Waals surface area (Å²) in [4.78, 5) is 6.61. The Bertz CT molecular complexity index is 303. The lowest BCUT2D eigenvalue weighted by Gasteiger charge is -2.20. The number of nitrogen functional groups attached to an aromatic ring is 1. The van der Waals surface area contributed by atoms with Gasteiger partial charge >= 0.3 is 0 Å². The Hall–Kier alpha value is -1.09. The fourth-order valence-corrected chi connectivity index (χ4v) is 2.12. The molecule has 1 fully saturated rings. The fraction of sp³-hybridized carbons (Fsp3) is 0.583. The van der Waals surface area contributed by atoms with Crippen LogP contribution in [-0.2, 0) is 6.54 Å². The van der Waals surface area contributed by atoms with Gasteiger partial charge in [-0.05, 0) is 32.0 Å². The molecule has 1 saturated heterocycles. The van der Waals surface area contributed by atoms with Gasteiger partial charge in [-0.25, -0.2) is 4.98 Å². The van der Waals surface area contributed by atoms with Crippen molar-refractivity contribution in [3.63, 3.8) is 0 Å². The molecule has 0 aromatic carbocycles. The average molecular weight is 205 g/mol. The van der Waals surface area contributed by atoms with Crippen molar-refractivity contribution in [1.29, 1.82) is 0 Å². The van der Waals surface area contributed by atoms with Gasteiger partial charge in [-0.3, -0.25) is 4.90 Å². The highest BCUT2D eigenvalue weighted by Gasteiger charge is 2.10. The molecule has 2 rings (SSSR count). The quantitative estimate of drug-likeness (QED) is 0.803. The first-order valence-electron chi connectivity index (χ1n) is 5.78. The summed E-state index contributed by atoms with van der Waals surface area (Å²) in [5.74, 6) is 0.682. The summed E-state index contributed by atoms with van der Waals surface area (Å²) < 4.78 is 0. The Balaban J connectivity index is 1.98. The van der Waals surface area contributed by atoms with Crippen LogP contribution in [0.25, 0.3) is 0 Å². The van der Waals surface area contributed by atoms with Crippen LogP contribution in [-0.4, -0.2) is 23.0 Å². The molecule has 3 heteroatoms. The Morgan fingerprint density at radius 2 is 1.93 bits per heavy atom. The maximum atomic E-state index is 5.84. The highest BCUT2D eigenvalue weighted by molar-refractivity contribution is 5.38. The second-order valence-electron chi connectivity index (χ2n) is 4.24. The summed E-state index contributed by atoms with van der Waals surface area (Å²) in [6.07, 6.45) is 7.14. The van der Waals surface area contributed by atoms with Crippen LogP contribution in [0.15, 0.2) is 18.3 Å². The van der Waals surface area contributed by atoms with Gasteiger partial charge in [0.2, 0.25) is 0 Å². The minimum Gasteiger partial charge on any atom is -0.383 e. The molecule has 0 unspecified atom stereocenters. The van der Waals surface area contributed by atoms with Crippen molar-refractivity contribution >= 4 is 5.82 Å². The van der Waals surface area contributed by atoms with Gasteiger partial charge in [0.05, 0.1) is 0 Å². The molecule has 2 heterocycles. The average Bonchev–Trinajstić information content (AvgIpc) is 2.50. The van der Waals surface area contributed by atoms with E-state index in [1.807, 2.05) is 6.07 Å². The molecule has 0 saturated carbocycles. The number of pyridine rings is 1. The third-order valence-corrected chi connectivity index (χ3v) is 3.02.